The first-order valence-electron chi connectivity index (χ1n) is 6.54. The van der Waals surface area contributed by atoms with Crippen molar-refractivity contribution in [2.75, 3.05) is 32.8 Å². The van der Waals surface area contributed by atoms with Crippen LogP contribution < -0.4 is 5.73 Å². The lowest BCUT2D eigenvalue weighted by Crippen LogP contribution is -2.44. The topological polar surface area (TPSA) is 50.8 Å². The highest BCUT2D eigenvalue weighted by molar-refractivity contribution is 5.78. The van der Waals surface area contributed by atoms with Crippen molar-refractivity contribution in [3.05, 3.63) is 35.1 Å². The van der Waals surface area contributed by atoms with Crippen molar-refractivity contribution in [2.45, 2.75) is 13.3 Å². The van der Waals surface area contributed by atoms with E-state index in [0.717, 1.165) is 30.6 Å². The van der Waals surface area contributed by atoms with E-state index in [4.69, 9.17) is 10.5 Å². The molecule has 4 nitrogen and oxygen atoms in total. The number of benzene rings is 1. The molecule has 1 aromatic carbocycles. The maximum atomic E-state index is 13.0. The number of hydrogen-bond acceptors (Lipinski definition) is 2. The molecule has 0 aromatic heterocycles. The zero-order valence-corrected chi connectivity index (χ0v) is 11.2. The largest absolute Gasteiger partial charge is 0.378 e. The Morgan fingerprint density at radius 2 is 2.16 bits per heavy atom. The minimum absolute atomic E-state index is 0.197. The molecule has 0 aliphatic carbocycles. The first kappa shape index (κ1) is 13.8. The number of aryl methyl sites for hydroxylation is 1. The molecular weight excluding hydrogens is 245 g/mol. The van der Waals surface area contributed by atoms with Gasteiger partial charge >= 0.3 is 0 Å². The van der Waals surface area contributed by atoms with Gasteiger partial charge in [0.2, 0.25) is 0 Å². The van der Waals surface area contributed by atoms with Gasteiger partial charge in [0.1, 0.15) is 5.82 Å². The van der Waals surface area contributed by atoms with Crippen LogP contribution >= 0.6 is 0 Å². The molecule has 1 saturated heterocycles. The van der Waals surface area contributed by atoms with Crippen molar-refractivity contribution in [1.82, 2.24) is 4.90 Å². The summed E-state index contributed by atoms with van der Waals surface area (Å²) in [7, 11) is 0. The Balaban J connectivity index is 1.87. The molecule has 2 rings (SSSR count). The summed E-state index contributed by atoms with van der Waals surface area (Å²) in [6.45, 7) is 5.53. The summed E-state index contributed by atoms with van der Waals surface area (Å²) in [5.41, 5.74) is 8.00. The summed E-state index contributed by atoms with van der Waals surface area (Å²) in [5, 5.41) is 0. The standard InChI is InChI=1S/C14H20FN3O/c1-11-10-13(15)3-2-12(11)4-5-17-14(16)18-6-8-19-9-7-18/h2-3,10H,4-9H2,1H3,(H2,16,17). The Kier molecular flexibility index (Phi) is 4.74. The Hall–Kier alpha value is -1.62. The second-order valence-corrected chi connectivity index (χ2v) is 4.66. The van der Waals surface area contributed by atoms with E-state index in [1.54, 1.807) is 6.07 Å². The number of rotatable bonds is 3. The van der Waals surface area contributed by atoms with Crippen molar-refractivity contribution >= 4 is 5.96 Å². The number of nitrogens with zero attached hydrogens (tertiary/aromatic N) is 2. The normalized spacial score (nSPS) is 16.7. The Bertz CT molecular complexity index is 456. The van der Waals surface area contributed by atoms with Crippen molar-refractivity contribution in [2.24, 2.45) is 10.7 Å². The third kappa shape index (κ3) is 3.92. The Labute approximate surface area is 113 Å². The van der Waals surface area contributed by atoms with Crippen molar-refractivity contribution in [3.63, 3.8) is 0 Å². The first-order chi connectivity index (χ1) is 9.16. The van der Waals surface area contributed by atoms with Crippen molar-refractivity contribution < 1.29 is 9.13 Å². The number of ether oxygens (including phenoxy) is 1. The Morgan fingerprint density at radius 3 is 2.84 bits per heavy atom. The molecule has 0 unspecified atom stereocenters. The fourth-order valence-electron chi connectivity index (χ4n) is 2.12. The highest BCUT2D eigenvalue weighted by atomic mass is 19.1. The van der Waals surface area contributed by atoms with Crippen molar-refractivity contribution in [1.29, 1.82) is 0 Å². The average Bonchev–Trinajstić information content (AvgIpc) is 2.42. The molecule has 0 atom stereocenters. The molecule has 1 aromatic rings. The minimum Gasteiger partial charge on any atom is -0.378 e. The SMILES string of the molecule is Cc1cc(F)ccc1CCN=C(N)N1CCOCC1. The van der Waals surface area contributed by atoms with E-state index in [1.807, 2.05) is 17.9 Å². The van der Waals surface area contributed by atoms with E-state index < -0.39 is 0 Å². The van der Waals surface area contributed by atoms with Crippen LogP contribution in [0.25, 0.3) is 0 Å². The third-order valence-corrected chi connectivity index (χ3v) is 3.29. The predicted octanol–water partition coefficient (Wildman–Crippen LogP) is 1.32. The van der Waals surface area contributed by atoms with E-state index in [2.05, 4.69) is 4.99 Å². The molecule has 19 heavy (non-hydrogen) atoms. The summed E-state index contributed by atoms with van der Waals surface area (Å²) in [6.07, 6.45) is 0.775. The van der Waals surface area contributed by atoms with Gasteiger partial charge in [-0.05, 0) is 36.6 Å². The smallest absolute Gasteiger partial charge is 0.191 e. The van der Waals surface area contributed by atoms with Crippen molar-refractivity contribution in [3.8, 4) is 0 Å². The van der Waals surface area contributed by atoms with Gasteiger partial charge in [0, 0.05) is 19.6 Å². The monoisotopic (exact) mass is 265 g/mol. The van der Waals surface area contributed by atoms with Gasteiger partial charge in [0.25, 0.3) is 0 Å². The van der Waals surface area contributed by atoms with Crippen LogP contribution in [0.3, 0.4) is 0 Å². The molecule has 104 valence electrons. The highest BCUT2D eigenvalue weighted by Crippen LogP contribution is 2.10. The molecule has 0 radical (unpaired) electrons. The maximum absolute atomic E-state index is 13.0. The minimum atomic E-state index is -0.197. The van der Waals surface area contributed by atoms with Crippen LogP contribution in [0.1, 0.15) is 11.1 Å². The highest BCUT2D eigenvalue weighted by Gasteiger charge is 2.11. The van der Waals surface area contributed by atoms with Crippen LogP contribution in [0.4, 0.5) is 4.39 Å². The second-order valence-electron chi connectivity index (χ2n) is 4.66. The third-order valence-electron chi connectivity index (χ3n) is 3.29. The van der Waals surface area contributed by atoms with Gasteiger partial charge in [0.05, 0.1) is 13.2 Å². The molecule has 1 heterocycles. The summed E-state index contributed by atoms with van der Waals surface area (Å²) >= 11 is 0. The van der Waals surface area contributed by atoms with Crippen LogP contribution in [-0.4, -0.2) is 43.7 Å². The number of hydrogen-bond donors (Lipinski definition) is 1. The fraction of sp³-hybridized carbons (Fsp3) is 0.500. The zero-order valence-electron chi connectivity index (χ0n) is 11.2. The van der Waals surface area contributed by atoms with Gasteiger partial charge in [-0.2, -0.15) is 0 Å². The van der Waals surface area contributed by atoms with Crippen LogP contribution in [0.2, 0.25) is 0 Å². The molecule has 2 N–H and O–H groups in total. The molecule has 1 aliphatic rings. The van der Waals surface area contributed by atoms with Gasteiger partial charge < -0.3 is 15.4 Å². The van der Waals surface area contributed by atoms with E-state index in [0.29, 0.717) is 25.7 Å². The molecule has 0 bridgehead atoms. The van der Waals surface area contributed by atoms with Crippen LogP contribution in [0.15, 0.2) is 23.2 Å². The lowest BCUT2D eigenvalue weighted by atomic mass is 10.1. The van der Waals surface area contributed by atoms with Crippen LogP contribution in [0.5, 0.6) is 0 Å². The van der Waals surface area contributed by atoms with Gasteiger partial charge in [0.15, 0.2) is 5.96 Å². The molecule has 0 saturated carbocycles. The number of morpholine rings is 1. The van der Waals surface area contributed by atoms with E-state index >= 15 is 0 Å². The molecule has 0 amide bonds. The van der Waals surface area contributed by atoms with Gasteiger partial charge in [-0.3, -0.25) is 4.99 Å². The van der Waals surface area contributed by atoms with E-state index in [9.17, 15) is 4.39 Å². The summed E-state index contributed by atoms with van der Waals surface area (Å²) in [6, 6.07) is 4.84. The Morgan fingerprint density at radius 1 is 1.42 bits per heavy atom. The quantitative estimate of drug-likeness (QED) is 0.662. The number of nitrogens with two attached hydrogens (primary N) is 1. The zero-order chi connectivity index (χ0) is 13.7. The van der Waals surface area contributed by atoms with E-state index in [1.165, 1.54) is 6.07 Å². The molecule has 5 heteroatoms. The van der Waals surface area contributed by atoms with Crippen LogP contribution in [-0.2, 0) is 11.2 Å². The number of halogens is 1. The number of aliphatic imine (C=N–C) groups is 1. The second kappa shape index (κ2) is 6.52. The van der Waals surface area contributed by atoms with E-state index in [-0.39, 0.29) is 5.82 Å². The maximum Gasteiger partial charge on any atom is 0.191 e. The number of guanidine groups is 1. The lowest BCUT2D eigenvalue weighted by Gasteiger charge is -2.27. The average molecular weight is 265 g/mol. The summed E-state index contributed by atoms with van der Waals surface area (Å²) < 4.78 is 18.2. The van der Waals surface area contributed by atoms with Gasteiger partial charge in [-0.25, -0.2) is 4.39 Å². The molecular formula is C14H20FN3O. The summed E-state index contributed by atoms with van der Waals surface area (Å²) in [4.78, 5) is 6.41. The van der Waals surface area contributed by atoms with Crippen LogP contribution in [0, 0.1) is 12.7 Å². The van der Waals surface area contributed by atoms with Gasteiger partial charge in [-0.1, -0.05) is 6.07 Å². The predicted molar refractivity (Wildman–Crippen MR) is 73.7 cm³/mol. The first-order valence-corrected chi connectivity index (χ1v) is 6.54. The summed E-state index contributed by atoms with van der Waals surface area (Å²) in [5.74, 6) is 0.376. The lowest BCUT2D eigenvalue weighted by molar-refractivity contribution is 0.0674. The molecule has 0 spiro atoms. The molecule has 1 fully saturated rings. The molecule has 1 aliphatic heterocycles. The fourth-order valence-corrected chi connectivity index (χ4v) is 2.12. The van der Waals surface area contributed by atoms with Gasteiger partial charge in [-0.15, -0.1) is 0 Å².